The molecule has 0 radical (unpaired) electrons. The highest BCUT2D eigenvalue weighted by atomic mass is 16.7. The van der Waals surface area contributed by atoms with E-state index in [2.05, 4.69) is 34.6 Å². The molecule has 7 unspecified atom stereocenters. The minimum Gasteiger partial charge on any atom is -0.481 e. The fourth-order valence-corrected chi connectivity index (χ4v) is 11.2. The first kappa shape index (κ1) is 35.2. The standard InChI is InChI=1S/C36H60O9/c1-32(2,43)15-8-9-20(30(41)42)21-12-17-36(7)23-10-11-25-33(3,4)26(14-16-34(25,5)22(23)13-18-35(21,36)6)45-31-29(40)28(39)27(38)24(19-37)44-31/h20-21,24-29,31,37-40,43H,8-19H2,1-7H3,(H,41,42)/t20-,21?,24?,25?,26+,27?,28?,29?,31?,34-,35-,36+/m1/s1. The first-order valence-electron chi connectivity index (χ1n) is 17.5. The molecule has 0 spiro atoms. The van der Waals surface area contributed by atoms with Crippen LogP contribution in [-0.4, -0.2) is 85.6 Å². The molecule has 258 valence electrons. The van der Waals surface area contributed by atoms with Gasteiger partial charge in [-0.3, -0.25) is 4.79 Å². The van der Waals surface area contributed by atoms with Gasteiger partial charge in [0.05, 0.1) is 24.2 Å². The zero-order chi connectivity index (χ0) is 33.3. The molecule has 0 bridgehead atoms. The van der Waals surface area contributed by atoms with Gasteiger partial charge in [-0.2, -0.15) is 0 Å². The van der Waals surface area contributed by atoms with Gasteiger partial charge >= 0.3 is 5.97 Å². The lowest BCUT2D eigenvalue weighted by atomic mass is 9.43. The number of fused-ring (bicyclic) bond motifs is 4. The van der Waals surface area contributed by atoms with Crippen molar-refractivity contribution in [3.63, 3.8) is 0 Å². The van der Waals surface area contributed by atoms with Crippen LogP contribution in [0.5, 0.6) is 0 Å². The van der Waals surface area contributed by atoms with E-state index in [1.165, 1.54) is 0 Å². The van der Waals surface area contributed by atoms with E-state index in [4.69, 9.17) is 9.47 Å². The van der Waals surface area contributed by atoms with Crippen LogP contribution in [0.25, 0.3) is 0 Å². The number of allylic oxidation sites excluding steroid dienone is 2. The number of aliphatic carboxylic acids is 1. The van der Waals surface area contributed by atoms with Crippen LogP contribution in [0, 0.1) is 39.4 Å². The second-order valence-corrected chi connectivity index (χ2v) is 17.2. The molecule has 0 amide bonds. The normalized spacial score (nSPS) is 45.4. The first-order valence-corrected chi connectivity index (χ1v) is 17.5. The highest BCUT2D eigenvalue weighted by Crippen LogP contribution is 2.72. The van der Waals surface area contributed by atoms with E-state index in [0.717, 1.165) is 51.4 Å². The first-order chi connectivity index (χ1) is 20.8. The number of ether oxygens (including phenoxy) is 2. The Labute approximate surface area is 269 Å². The van der Waals surface area contributed by atoms with Gasteiger partial charge in [-0.05, 0) is 118 Å². The summed E-state index contributed by atoms with van der Waals surface area (Å²) in [5.41, 5.74) is 1.94. The van der Waals surface area contributed by atoms with Crippen molar-refractivity contribution < 1.29 is 44.9 Å². The van der Waals surface area contributed by atoms with Crippen LogP contribution in [-0.2, 0) is 14.3 Å². The molecule has 1 aliphatic heterocycles. The van der Waals surface area contributed by atoms with Crippen LogP contribution >= 0.6 is 0 Å². The molecule has 1 saturated heterocycles. The van der Waals surface area contributed by atoms with Crippen LogP contribution in [0.1, 0.15) is 119 Å². The molecule has 3 fully saturated rings. The number of carboxylic acids is 1. The van der Waals surface area contributed by atoms with Crippen molar-refractivity contribution in [2.75, 3.05) is 6.61 Å². The van der Waals surface area contributed by atoms with Crippen LogP contribution in [0.2, 0.25) is 0 Å². The minimum absolute atomic E-state index is 0.0202. The number of hydrogen-bond donors (Lipinski definition) is 6. The molecule has 9 nitrogen and oxygen atoms in total. The Morgan fingerprint density at radius 3 is 2.27 bits per heavy atom. The summed E-state index contributed by atoms with van der Waals surface area (Å²) >= 11 is 0. The number of carbonyl (C=O) groups is 1. The molecule has 45 heavy (non-hydrogen) atoms. The molecule has 0 aromatic carbocycles. The van der Waals surface area contributed by atoms with E-state index in [9.17, 15) is 35.4 Å². The molecular formula is C36H60O9. The van der Waals surface area contributed by atoms with E-state index >= 15 is 0 Å². The van der Waals surface area contributed by atoms with Crippen LogP contribution < -0.4 is 0 Å². The predicted molar refractivity (Wildman–Crippen MR) is 169 cm³/mol. The largest absolute Gasteiger partial charge is 0.481 e. The van der Waals surface area contributed by atoms with Gasteiger partial charge in [-0.25, -0.2) is 0 Å². The number of carboxylic acid groups (broad SMARTS) is 1. The second-order valence-electron chi connectivity index (χ2n) is 17.2. The van der Waals surface area contributed by atoms with Crippen LogP contribution in [0.15, 0.2) is 11.1 Å². The maximum Gasteiger partial charge on any atom is 0.306 e. The molecule has 5 aliphatic rings. The van der Waals surface area contributed by atoms with Gasteiger partial charge in [0.15, 0.2) is 6.29 Å². The Kier molecular flexibility index (Phi) is 9.49. The zero-order valence-corrected chi connectivity index (χ0v) is 28.6. The molecule has 4 aliphatic carbocycles. The average molecular weight is 637 g/mol. The zero-order valence-electron chi connectivity index (χ0n) is 28.6. The Morgan fingerprint density at radius 1 is 0.956 bits per heavy atom. The second kappa shape index (κ2) is 12.1. The summed E-state index contributed by atoms with van der Waals surface area (Å²) in [6.45, 7) is 14.8. The molecule has 5 rings (SSSR count). The molecule has 9 heteroatoms. The summed E-state index contributed by atoms with van der Waals surface area (Å²) in [6.07, 6.45) is 2.81. The third kappa shape index (κ3) is 5.74. The molecule has 0 aromatic rings. The highest BCUT2D eigenvalue weighted by molar-refractivity contribution is 5.70. The van der Waals surface area contributed by atoms with Crippen molar-refractivity contribution in [1.29, 1.82) is 0 Å². The van der Waals surface area contributed by atoms with Gasteiger partial charge in [0.2, 0.25) is 0 Å². The summed E-state index contributed by atoms with van der Waals surface area (Å²) in [7, 11) is 0. The smallest absolute Gasteiger partial charge is 0.306 e. The number of aliphatic hydroxyl groups excluding tert-OH is 4. The van der Waals surface area contributed by atoms with Gasteiger partial charge in [0.25, 0.3) is 0 Å². The van der Waals surface area contributed by atoms with Gasteiger partial charge in [-0.1, -0.05) is 45.8 Å². The SMILES string of the molecule is CC(C)(O)CCC[C@@H](C(=O)O)C1CC[C@@]2(C)C3=C(CC[C@]12C)[C@@]1(C)CC[C@H](OC2OC(CO)C(O)C(O)C2O)C(C)(C)C1CC3. The van der Waals surface area contributed by atoms with Crippen molar-refractivity contribution in [3.8, 4) is 0 Å². The third-order valence-electron chi connectivity index (χ3n) is 14.0. The Morgan fingerprint density at radius 2 is 1.64 bits per heavy atom. The lowest BCUT2D eigenvalue weighted by Gasteiger charge is -2.62. The fourth-order valence-electron chi connectivity index (χ4n) is 11.2. The van der Waals surface area contributed by atoms with E-state index in [1.807, 2.05) is 0 Å². The summed E-state index contributed by atoms with van der Waals surface area (Å²) in [4.78, 5) is 12.7. The highest BCUT2D eigenvalue weighted by Gasteiger charge is 2.64. The molecule has 1 heterocycles. The summed E-state index contributed by atoms with van der Waals surface area (Å²) < 4.78 is 12.2. The summed E-state index contributed by atoms with van der Waals surface area (Å²) in [5, 5.41) is 61.6. The van der Waals surface area contributed by atoms with Gasteiger partial charge in [0, 0.05) is 0 Å². The maximum absolute atomic E-state index is 12.7. The minimum atomic E-state index is -1.46. The van der Waals surface area contributed by atoms with Crippen molar-refractivity contribution >= 4 is 5.97 Å². The Hall–Kier alpha value is -1.07. The van der Waals surface area contributed by atoms with E-state index in [0.29, 0.717) is 25.2 Å². The maximum atomic E-state index is 12.7. The van der Waals surface area contributed by atoms with Gasteiger partial charge in [0.1, 0.15) is 24.4 Å². The van der Waals surface area contributed by atoms with Gasteiger partial charge in [-0.15, -0.1) is 0 Å². The van der Waals surface area contributed by atoms with E-state index < -0.39 is 54.8 Å². The molecule has 0 aromatic heterocycles. The summed E-state index contributed by atoms with van der Waals surface area (Å²) in [6, 6.07) is 0. The third-order valence-corrected chi connectivity index (χ3v) is 14.0. The van der Waals surface area contributed by atoms with Crippen molar-refractivity contribution in [3.05, 3.63) is 11.1 Å². The lowest BCUT2D eigenvalue weighted by Crippen LogP contribution is -2.61. The summed E-state index contributed by atoms with van der Waals surface area (Å²) in [5.74, 6) is -0.662. The van der Waals surface area contributed by atoms with Gasteiger partial charge < -0.3 is 40.1 Å². The fraction of sp³-hybridized carbons (Fsp3) is 0.917. The van der Waals surface area contributed by atoms with Crippen LogP contribution in [0.4, 0.5) is 0 Å². The lowest BCUT2D eigenvalue weighted by molar-refractivity contribution is -0.325. The van der Waals surface area contributed by atoms with Crippen molar-refractivity contribution in [2.45, 2.75) is 162 Å². The van der Waals surface area contributed by atoms with Crippen molar-refractivity contribution in [1.82, 2.24) is 0 Å². The quantitative estimate of drug-likeness (QED) is 0.200. The Balaban J connectivity index is 1.37. The molecule has 2 saturated carbocycles. The predicted octanol–water partition coefficient (Wildman–Crippen LogP) is 4.56. The number of aliphatic hydroxyl groups is 5. The number of hydrogen-bond acceptors (Lipinski definition) is 8. The van der Waals surface area contributed by atoms with E-state index in [1.54, 1.807) is 25.0 Å². The number of rotatable bonds is 9. The van der Waals surface area contributed by atoms with Crippen LogP contribution in [0.3, 0.4) is 0 Å². The average Bonchev–Trinajstić information content (AvgIpc) is 3.22. The Bertz CT molecular complexity index is 1140. The monoisotopic (exact) mass is 636 g/mol. The van der Waals surface area contributed by atoms with Crippen molar-refractivity contribution in [2.24, 2.45) is 39.4 Å². The molecule has 12 atom stereocenters. The molecule has 6 N–H and O–H groups in total. The topological polar surface area (TPSA) is 157 Å². The molecular weight excluding hydrogens is 576 g/mol. The van der Waals surface area contributed by atoms with E-state index in [-0.39, 0.29) is 33.7 Å².